The maximum Gasteiger partial charge on any atom is 0.237 e. The van der Waals surface area contributed by atoms with E-state index in [2.05, 4.69) is 27.8 Å². The number of nitrogens with zero attached hydrogens (tertiary/aromatic N) is 4. The normalized spacial score (nSPS) is 11.9. The molecule has 3 aromatic rings. The maximum atomic E-state index is 12.4. The highest BCUT2D eigenvalue weighted by atomic mass is 32.2. The molecule has 128 valence electrons. The molecule has 1 atom stereocenters. The molecular formula is C18H19N5OS. The lowest BCUT2D eigenvalue weighted by Gasteiger charge is -2.12. The van der Waals surface area contributed by atoms with Gasteiger partial charge < -0.3 is 5.32 Å². The number of aromatic nitrogens is 4. The molecule has 0 aliphatic heterocycles. The molecule has 1 heterocycles. The Kier molecular flexibility index (Phi) is 5.45. The minimum Gasteiger partial charge on any atom is -0.325 e. The van der Waals surface area contributed by atoms with Gasteiger partial charge in [0.25, 0.3) is 0 Å². The van der Waals surface area contributed by atoms with Crippen molar-refractivity contribution in [2.75, 3.05) is 5.32 Å². The zero-order chi connectivity index (χ0) is 17.6. The molecule has 0 aliphatic rings. The van der Waals surface area contributed by atoms with Gasteiger partial charge in [0.15, 0.2) is 0 Å². The van der Waals surface area contributed by atoms with E-state index in [4.69, 9.17) is 0 Å². The lowest BCUT2D eigenvalue weighted by molar-refractivity contribution is -0.115. The Labute approximate surface area is 150 Å². The molecule has 0 spiro atoms. The van der Waals surface area contributed by atoms with Gasteiger partial charge in [0.2, 0.25) is 11.1 Å². The number of tetrazole rings is 1. The number of thioether (sulfide) groups is 1. The van der Waals surface area contributed by atoms with E-state index in [0.717, 1.165) is 17.8 Å². The van der Waals surface area contributed by atoms with Crippen molar-refractivity contribution >= 4 is 23.4 Å². The minimum atomic E-state index is -0.334. The second-order valence-corrected chi connectivity index (χ2v) is 6.82. The van der Waals surface area contributed by atoms with Crippen molar-refractivity contribution in [3.05, 3.63) is 60.2 Å². The van der Waals surface area contributed by atoms with Crippen LogP contribution in [-0.2, 0) is 11.2 Å². The third kappa shape index (κ3) is 4.24. The van der Waals surface area contributed by atoms with E-state index in [1.807, 2.05) is 61.5 Å². The highest BCUT2D eigenvalue weighted by molar-refractivity contribution is 8.00. The van der Waals surface area contributed by atoms with E-state index < -0.39 is 0 Å². The van der Waals surface area contributed by atoms with Gasteiger partial charge in [0, 0.05) is 5.69 Å². The summed E-state index contributed by atoms with van der Waals surface area (Å²) in [6.07, 6.45) is 0.975. The Morgan fingerprint density at radius 3 is 2.56 bits per heavy atom. The van der Waals surface area contributed by atoms with Crippen LogP contribution in [0.15, 0.2) is 59.8 Å². The number of aryl methyl sites for hydroxylation is 1. The number of amides is 1. The Bertz CT molecular complexity index is 832. The summed E-state index contributed by atoms with van der Waals surface area (Å²) in [6, 6.07) is 17.5. The van der Waals surface area contributed by atoms with Crippen molar-refractivity contribution in [1.29, 1.82) is 0 Å². The monoisotopic (exact) mass is 353 g/mol. The molecule has 0 unspecified atom stereocenters. The van der Waals surface area contributed by atoms with Gasteiger partial charge in [-0.1, -0.05) is 49.0 Å². The highest BCUT2D eigenvalue weighted by Crippen LogP contribution is 2.23. The molecule has 0 saturated heterocycles. The second kappa shape index (κ2) is 7.94. The van der Waals surface area contributed by atoms with Crippen molar-refractivity contribution in [3.8, 4) is 5.69 Å². The summed E-state index contributed by atoms with van der Waals surface area (Å²) in [5, 5.41) is 14.9. The van der Waals surface area contributed by atoms with Gasteiger partial charge in [-0.05, 0) is 53.6 Å². The first-order chi connectivity index (χ1) is 12.2. The molecule has 6 nitrogen and oxygen atoms in total. The van der Waals surface area contributed by atoms with Crippen molar-refractivity contribution in [3.63, 3.8) is 0 Å². The highest BCUT2D eigenvalue weighted by Gasteiger charge is 2.19. The van der Waals surface area contributed by atoms with E-state index in [1.54, 1.807) is 4.68 Å². The first-order valence-corrected chi connectivity index (χ1v) is 8.95. The molecule has 1 N–H and O–H groups in total. The predicted octanol–water partition coefficient (Wildman–Crippen LogP) is 3.34. The van der Waals surface area contributed by atoms with E-state index in [0.29, 0.717) is 5.16 Å². The number of nitrogens with one attached hydrogen (secondary N) is 1. The summed E-state index contributed by atoms with van der Waals surface area (Å²) in [5.41, 5.74) is 2.89. The SMILES string of the molecule is CCc1ccc(NC(=O)[C@H](C)Sc2nnnn2-c2ccccc2)cc1. The first-order valence-electron chi connectivity index (χ1n) is 8.07. The van der Waals surface area contributed by atoms with Gasteiger partial charge in [-0.2, -0.15) is 4.68 Å². The third-order valence-corrected chi connectivity index (χ3v) is 4.76. The van der Waals surface area contributed by atoms with Crippen molar-refractivity contribution in [2.45, 2.75) is 30.7 Å². The number of hydrogen-bond donors (Lipinski definition) is 1. The van der Waals surface area contributed by atoms with Crippen LogP contribution in [0.25, 0.3) is 5.69 Å². The number of benzene rings is 2. The molecular weight excluding hydrogens is 334 g/mol. The number of anilines is 1. The molecule has 0 radical (unpaired) electrons. The first kappa shape index (κ1) is 17.2. The fourth-order valence-electron chi connectivity index (χ4n) is 2.26. The van der Waals surface area contributed by atoms with Gasteiger partial charge >= 0.3 is 0 Å². The number of rotatable bonds is 6. The molecule has 0 fully saturated rings. The Balaban J connectivity index is 1.67. The zero-order valence-corrected chi connectivity index (χ0v) is 14.9. The van der Waals surface area contributed by atoms with Crippen LogP contribution in [-0.4, -0.2) is 31.4 Å². The lowest BCUT2D eigenvalue weighted by Crippen LogP contribution is -2.22. The minimum absolute atomic E-state index is 0.0862. The van der Waals surface area contributed by atoms with Crippen molar-refractivity contribution in [1.82, 2.24) is 20.2 Å². The number of carbonyl (C=O) groups excluding carboxylic acids is 1. The summed E-state index contributed by atoms with van der Waals surface area (Å²) >= 11 is 1.32. The summed E-state index contributed by atoms with van der Waals surface area (Å²) in [7, 11) is 0. The van der Waals surface area contributed by atoms with E-state index >= 15 is 0 Å². The van der Waals surface area contributed by atoms with Crippen LogP contribution < -0.4 is 5.32 Å². The Morgan fingerprint density at radius 1 is 1.16 bits per heavy atom. The van der Waals surface area contributed by atoms with E-state index in [-0.39, 0.29) is 11.2 Å². The largest absolute Gasteiger partial charge is 0.325 e. The van der Waals surface area contributed by atoms with Crippen LogP contribution in [0.1, 0.15) is 19.4 Å². The maximum absolute atomic E-state index is 12.4. The summed E-state index contributed by atoms with van der Waals surface area (Å²) in [5.74, 6) is -0.0862. The predicted molar refractivity (Wildman–Crippen MR) is 98.9 cm³/mol. The molecule has 7 heteroatoms. The van der Waals surface area contributed by atoms with Crippen LogP contribution in [0.2, 0.25) is 0 Å². The fraction of sp³-hybridized carbons (Fsp3) is 0.222. The number of hydrogen-bond acceptors (Lipinski definition) is 5. The van der Waals surface area contributed by atoms with Gasteiger partial charge in [-0.25, -0.2) is 0 Å². The number of para-hydroxylation sites is 1. The molecule has 25 heavy (non-hydrogen) atoms. The molecule has 0 saturated carbocycles. The Morgan fingerprint density at radius 2 is 1.88 bits per heavy atom. The summed E-state index contributed by atoms with van der Waals surface area (Å²) < 4.78 is 1.63. The smallest absolute Gasteiger partial charge is 0.237 e. The van der Waals surface area contributed by atoms with Crippen LogP contribution in [0.3, 0.4) is 0 Å². The van der Waals surface area contributed by atoms with E-state index in [9.17, 15) is 4.79 Å². The third-order valence-electron chi connectivity index (χ3n) is 3.72. The van der Waals surface area contributed by atoms with Crippen molar-refractivity contribution < 1.29 is 4.79 Å². The topological polar surface area (TPSA) is 72.7 Å². The lowest BCUT2D eigenvalue weighted by atomic mass is 10.1. The molecule has 1 aromatic heterocycles. The summed E-state index contributed by atoms with van der Waals surface area (Å²) in [4.78, 5) is 12.4. The van der Waals surface area contributed by atoms with Crippen LogP contribution in [0.4, 0.5) is 5.69 Å². The second-order valence-electron chi connectivity index (χ2n) is 5.51. The average molecular weight is 353 g/mol. The quantitative estimate of drug-likeness (QED) is 0.688. The zero-order valence-electron chi connectivity index (χ0n) is 14.1. The van der Waals surface area contributed by atoms with Crippen LogP contribution >= 0.6 is 11.8 Å². The fourth-order valence-corrected chi connectivity index (χ4v) is 3.07. The molecule has 0 bridgehead atoms. The van der Waals surface area contributed by atoms with Gasteiger partial charge in [-0.15, -0.1) is 5.10 Å². The average Bonchev–Trinajstić information content (AvgIpc) is 3.11. The Hall–Kier alpha value is -2.67. The standard InChI is InChI=1S/C18H19N5OS/c1-3-14-9-11-15(12-10-14)19-17(24)13(2)25-18-20-21-22-23(18)16-7-5-4-6-8-16/h4-13H,3H2,1-2H3,(H,19,24)/t13-/m0/s1. The summed E-state index contributed by atoms with van der Waals surface area (Å²) in [6.45, 7) is 3.94. The van der Waals surface area contributed by atoms with E-state index in [1.165, 1.54) is 17.3 Å². The molecule has 1 amide bonds. The van der Waals surface area contributed by atoms with Crippen molar-refractivity contribution in [2.24, 2.45) is 0 Å². The van der Waals surface area contributed by atoms with Gasteiger partial charge in [0.05, 0.1) is 10.9 Å². The van der Waals surface area contributed by atoms with Gasteiger partial charge in [0.1, 0.15) is 0 Å². The van der Waals surface area contributed by atoms with Gasteiger partial charge in [-0.3, -0.25) is 4.79 Å². The van der Waals surface area contributed by atoms with Crippen LogP contribution in [0, 0.1) is 0 Å². The van der Waals surface area contributed by atoms with Crippen LogP contribution in [0.5, 0.6) is 0 Å². The molecule has 0 aliphatic carbocycles. The molecule has 2 aromatic carbocycles. The number of carbonyl (C=O) groups is 1. The molecule has 3 rings (SSSR count).